The van der Waals surface area contributed by atoms with E-state index >= 15 is 0 Å². The molecule has 4 nitrogen and oxygen atoms in total. The van der Waals surface area contributed by atoms with Crippen LogP contribution in [0.3, 0.4) is 0 Å². The van der Waals surface area contributed by atoms with Crippen LogP contribution >= 0.6 is 0 Å². The Labute approximate surface area is 302 Å². The summed E-state index contributed by atoms with van der Waals surface area (Å²) in [5.74, 6) is 8.40. The lowest BCUT2D eigenvalue weighted by molar-refractivity contribution is 0.414. The van der Waals surface area contributed by atoms with Crippen LogP contribution < -0.4 is 9.47 Å². The van der Waals surface area contributed by atoms with E-state index in [-0.39, 0.29) is 0 Å². The van der Waals surface area contributed by atoms with Gasteiger partial charge in [-0.2, -0.15) is 0 Å². The SMILES string of the molecule is COc1ccc(C#Cn2c3ccccc3c3cccc(-c4ccc(-c5cccc6c7ccccc7n(C#Cc7ccc(OC)cc7)c56)cc4)c32)cc1. The van der Waals surface area contributed by atoms with E-state index in [0.717, 1.165) is 66.9 Å². The maximum Gasteiger partial charge on any atom is 0.118 e. The highest BCUT2D eigenvalue weighted by Crippen LogP contribution is 2.39. The van der Waals surface area contributed by atoms with E-state index in [1.54, 1.807) is 14.2 Å². The van der Waals surface area contributed by atoms with Crippen LogP contribution in [0.4, 0.5) is 0 Å². The monoisotopic (exact) mass is 668 g/mol. The first kappa shape index (κ1) is 30.9. The van der Waals surface area contributed by atoms with Crippen molar-refractivity contribution < 1.29 is 9.47 Å². The highest BCUT2D eigenvalue weighted by atomic mass is 16.5. The van der Waals surface area contributed by atoms with E-state index < -0.39 is 0 Å². The molecule has 2 heterocycles. The van der Waals surface area contributed by atoms with Crippen LogP contribution in [0.2, 0.25) is 0 Å². The van der Waals surface area contributed by atoms with Gasteiger partial charge in [0.15, 0.2) is 0 Å². The summed E-state index contributed by atoms with van der Waals surface area (Å²) >= 11 is 0. The highest BCUT2D eigenvalue weighted by Gasteiger charge is 2.17. The Bertz CT molecular complexity index is 2700. The molecule has 0 spiro atoms. The van der Waals surface area contributed by atoms with Crippen molar-refractivity contribution in [3.05, 3.63) is 169 Å². The number of hydrogen-bond acceptors (Lipinski definition) is 2. The van der Waals surface area contributed by atoms with Crippen LogP contribution in [0.15, 0.2) is 158 Å². The minimum absolute atomic E-state index is 0.812. The minimum atomic E-state index is 0.812. The number of hydrogen-bond donors (Lipinski definition) is 0. The molecule has 0 aliphatic heterocycles. The van der Waals surface area contributed by atoms with Crippen LogP contribution in [0.5, 0.6) is 11.5 Å². The normalized spacial score (nSPS) is 11.0. The average Bonchev–Trinajstić information content (AvgIpc) is 3.72. The number of methoxy groups -OCH3 is 2. The second kappa shape index (κ2) is 13.0. The molecule has 7 aromatic carbocycles. The number of benzene rings is 7. The first-order valence-electron chi connectivity index (χ1n) is 17.2. The van der Waals surface area contributed by atoms with Gasteiger partial charge in [0.05, 0.1) is 36.3 Å². The Morgan fingerprint density at radius 1 is 0.385 bits per heavy atom. The van der Waals surface area contributed by atoms with E-state index in [4.69, 9.17) is 9.47 Å². The maximum absolute atomic E-state index is 5.35. The molecule has 0 aliphatic rings. The topological polar surface area (TPSA) is 28.3 Å². The van der Waals surface area contributed by atoms with Gasteiger partial charge in [-0.1, -0.05) is 97.1 Å². The standard InChI is InChI=1S/C48H32N2O2/c1-51-37-25-17-33(18-26-37)29-31-49-45-15-5-3-9-41(45)43-13-7-11-39(47(43)49)35-21-23-36(24-22-35)40-12-8-14-44-42-10-4-6-16-46(42)50(48(40)44)32-30-34-19-27-38(52-2)28-20-34/h3-28H,1-2H3. The van der Waals surface area contributed by atoms with Gasteiger partial charge in [0, 0.05) is 55.9 Å². The molecule has 0 radical (unpaired) electrons. The van der Waals surface area contributed by atoms with Gasteiger partial charge in [-0.25, -0.2) is 0 Å². The number of nitrogens with zero attached hydrogens (tertiary/aromatic N) is 2. The molecule has 0 bridgehead atoms. The zero-order valence-electron chi connectivity index (χ0n) is 28.7. The largest absolute Gasteiger partial charge is 0.497 e. The predicted molar refractivity (Wildman–Crippen MR) is 214 cm³/mol. The number of aromatic nitrogens is 2. The molecule has 2 aromatic heterocycles. The summed E-state index contributed by atoms with van der Waals surface area (Å²) < 4.78 is 15.0. The smallest absolute Gasteiger partial charge is 0.118 e. The average molecular weight is 669 g/mol. The molecule has 0 atom stereocenters. The third kappa shape index (κ3) is 5.32. The van der Waals surface area contributed by atoms with E-state index in [2.05, 4.69) is 142 Å². The molecular formula is C48H32N2O2. The van der Waals surface area contributed by atoms with E-state index in [1.165, 1.54) is 21.5 Å². The van der Waals surface area contributed by atoms with Crippen molar-refractivity contribution in [3.63, 3.8) is 0 Å². The van der Waals surface area contributed by atoms with Gasteiger partial charge < -0.3 is 9.47 Å². The van der Waals surface area contributed by atoms with Crippen molar-refractivity contribution in [1.29, 1.82) is 0 Å². The van der Waals surface area contributed by atoms with Gasteiger partial charge in [-0.3, -0.25) is 9.13 Å². The fraction of sp³-hybridized carbons (Fsp3) is 0.0417. The lowest BCUT2D eigenvalue weighted by Gasteiger charge is -2.10. The summed E-state index contributed by atoms with van der Waals surface area (Å²) in [6, 6.07) is 61.6. The maximum atomic E-state index is 5.35. The molecule has 4 heteroatoms. The van der Waals surface area contributed by atoms with Gasteiger partial charge in [0.25, 0.3) is 0 Å². The van der Waals surface area contributed by atoms with Gasteiger partial charge in [-0.05, 0) is 83.6 Å². The third-order valence-electron chi connectivity index (χ3n) is 9.70. The van der Waals surface area contributed by atoms with Crippen molar-refractivity contribution in [2.75, 3.05) is 14.2 Å². The molecular weight excluding hydrogens is 637 g/mol. The van der Waals surface area contributed by atoms with Crippen molar-refractivity contribution in [1.82, 2.24) is 9.13 Å². The Morgan fingerprint density at radius 3 is 1.17 bits per heavy atom. The summed E-state index contributed by atoms with van der Waals surface area (Å²) in [4.78, 5) is 0. The lowest BCUT2D eigenvalue weighted by Crippen LogP contribution is -1.93. The minimum Gasteiger partial charge on any atom is -0.497 e. The molecule has 0 saturated carbocycles. The zero-order valence-corrected chi connectivity index (χ0v) is 28.7. The van der Waals surface area contributed by atoms with Crippen LogP contribution in [0.1, 0.15) is 11.1 Å². The number of para-hydroxylation sites is 4. The summed E-state index contributed by atoms with van der Waals surface area (Å²) in [5.41, 5.74) is 10.7. The van der Waals surface area contributed by atoms with E-state index in [1.807, 2.05) is 48.5 Å². The second-order valence-electron chi connectivity index (χ2n) is 12.6. The molecule has 0 aliphatic carbocycles. The fourth-order valence-electron chi connectivity index (χ4n) is 7.15. The van der Waals surface area contributed by atoms with Crippen LogP contribution in [0.25, 0.3) is 65.9 Å². The predicted octanol–water partition coefficient (Wildman–Crippen LogP) is 11.0. The molecule has 9 rings (SSSR count). The summed E-state index contributed by atoms with van der Waals surface area (Å²) in [7, 11) is 3.35. The van der Waals surface area contributed by atoms with Crippen LogP contribution in [0, 0.1) is 23.9 Å². The Balaban J connectivity index is 1.17. The van der Waals surface area contributed by atoms with Crippen molar-refractivity contribution in [2.45, 2.75) is 0 Å². The zero-order chi connectivity index (χ0) is 35.0. The number of fused-ring (bicyclic) bond motifs is 6. The molecule has 52 heavy (non-hydrogen) atoms. The molecule has 9 aromatic rings. The van der Waals surface area contributed by atoms with Gasteiger partial charge >= 0.3 is 0 Å². The molecule has 0 saturated heterocycles. The lowest BCUT2D eigenvalue weighted by atomic mass is 9.97. The Kier molecular flexibility index (Phi) is 7.69. The Morgan fingerprint density at radius 2 is 0.769 bits per heavy atom. The molecule has 0 amide bonds. The molecule has 246 valence electrons. The van der Waals surface area contributed by atoms with Crippen molar-refractivity contribution in [3.8, 4) is 57.7 Å². The van der Waals surface area contributed by atoms with Gasteiger partial charge in [-0.15, -0.1) is 0 Å². The Hall–Kier alpha value is -7.14. The van der Waals surface area contributed by atoms with Crippen molar-refractivity contribution >= 4 is 43.6 Å². The molecule has 0 unspecified atom stereocenters. The first-order valence-corrected chi connectivity index (χ1v) is 17.2. The molecule has 0 N–H and O–H groups in total. The van der Waals surface area contributed by atoms with Crippen molar-refractivity contribution in [2.24, 2.45) is 0 Å². The quantitative estimate of drug-likeness (QED) is 0.175. The third-order valence-corrected chi connectivity index (χ3v) is 9.70. The number of rotatable bonds is 4. The molecule has 0 fully saturated rings. The van der Waals surface area contributed by atoms with Gasteiger partial charge in [0.1, 0.15) is 11.5 Å². The fourth-order valence-corrected chi connectivity index (χ4v) is 7.15. The highest BCUT2D eigenvalue weighted by molar-refractivity contribution is 6.14. The first-order chi connectivity index (χ1) is 25.7. The summed E-state index contributed by atoms with van der Waals surface area (Å²) in [5, 5.41) is 4.70. The van der Waals surface area contributed by atoms with Gasteiger partial charge in [0.2, 0.25) is 0 Å². The number of ether oxygens (including phenoxy) is 2. The second-order valence-corrected chi connectivity index (χ2v) is 12.6. The summed E-state index contributed by atoms with van der Waals surface area (Å²) in [6.45, 7) is 0. The van der Waals surface area contributed by atoms with E-state index in [9.17, 15) is 0 Å². The summed E-state index contributed by atoms with van der Waals surface area (Å²) in [6.07, 6.45) is 0. The van der Waals surface area contributed by atoms with Crippen LogP contribution in [-0.2, 0) is 0 Å². The van der Waals surface area contributed by atoms with E-state index in [0.29, 0.717) is 0 Å². The van der Waals surface area contributed by atoms with Crippen LogP contribution in [-0.4, -0.2) is 23.4 Å².